The first-order chi connectivity index (χ1) is 10.2. The highest BCUT2D eigenvalue weighted by Crippen LogP contribution is 2.22. The average molecular weight is 279 g/mol. The summed E-state index contributed by atoms with van der Waals surface area (Å²) in [5.74, 6) is 0. The summed E-state index contributed by atoms with van der Waals surface area (Å²) in [5, 5.41) is 3.81. The van der Waals surface area contributed by atoms with Gasteiger partial charge in [-0.15, -0.1) is 0 Å². The molecule has 0 radical (unpaired) electrons. The van der Waals surface area contributed by atoms with Crippen LogP contribution in [0.4, 0.5) is 0 Å². The summed E-state index contributed by atoms with van der Waals surface area (Å²) in [6.07, 6.45) is 4.74. The molecule has 1 nitrogen and oxygen atoms in total. The van der Waals surface area contributed by atoms with Crippen LogP contribution >= 0.6 is 0 Å². The Morgan fingerprint density at radius 1 is 1.05 bits per heavy atom. The standard InChI is InChI=1S/C20H25N/c1-15-6-5-7-17(12-15)11-10-16(2)21-20-13-18-8-3-4-9-19(18)14-20/h3-9,12,16,20-21H,10-11,13-14H2,1-2H3. The number of rotatable bonds is 5. The molecular formula is C20H25N. The summed E-state index contributed by atoms with van der Waals surface area (Å²) < 4.78 is 0. The van der Waals surface area contributed by atoms with Gasteiger partial charge in [0.1, 0.15) is 0 Å². The molecule has 1 N–H and O–H groups in total. The predicted octanol–water partition coefficient (Wildman–Crippen LogP) is 4.07. The molecule has 0 spiro atoms. The molecule has 0 bridgehead atoms. The van der Waals surface area contributed by atoms with Crippen molar-refractivity contribution in [2.24, 2.45) is 0 Å². The second-order valence-corrected chi connectivity index (χ2v) is 6.47. The Hall–Kier alpha value is -1.60. The highest BCUT2D eigenvalue weighted by molar-refractivity contribution is 5.33. The van der Waals surface area contributed by atoms with Crippen LogP contribution in [0.5, 0.6) is 0 Å². The van der Waals surface area contributed by atoms with Crippen LogP contribution in [-0.2, 0) is 19.3 Å². The van der Waals surface area contributed by atoms with Gasteiger partial charge in [0.05, 0.1) is 0 Å². The highest BCUT2D eigenvalue weighted by atomic mass is 14.9. The van der Waals surface area contributed by atoms with Gasteiger partial charge in [-0.25, -0.2) is 0 Å². The smallest absolute Gasteiger partial charge is 0.0150 e. The fraction of sp³-hybridized carbons (Fsp3) is 0.400. The Labute approximate surface area is 128 Å². The molecule has 0 heterocycles. The predicted molar refractivity (Wildman–Crippen MR) is 89.7 cm³/mol. The lowest BCUT2D eigenvalue weighted by Crippen LogP contribution is -2.37. The van der Waals surface area contributed by atoms with Crippen molar-refractivity contribution in [1.82, 2.24) is 5.32 Å². The fourth-order valence-corrected chi connectivity index (χ4v) is 3.41. The van der Waals surface area contributed by atoms with Gasteiger partial charge >= 0.3 is 0 Å². The van der Waals surface area contributed by atoms with Gasteiger partial charge in [-0.05, 0) is 56.2 Å². The Morgan fingerprint density at radius 3 is 2.43 bits per heavy atom. The van der Waals surface area contributed by atoms with Crippen molar-refractivity contribution in [3.05, 3.63) is 70.8 Å². The molecule has 1 atom stereocenters. The average Bonchev–Trinajstić information content (AvgIpc) is 2.87. The SMILES string of the molecule is Cc1cccc(CCC(C)NC2Cc3ccccc3C2)c1. The quantitative estimate of drug-likeness (QED) is 0.870. The number of fused-ring (bicyclic) bond motifs is 1. The number of nitrogens with one attached hydrogen (secondary N) is 1. The third-order valence-corrected chi connectivity index (χ3v) is 4.52. The Bertz CT molecular complexity index is 577. The van der Waals surface area contributed by atoms with Crippen LogP contribution in [0.3, 0.4) is 0 Å². The third-order valence-electron chi connectivity index (χ3n) is 4.52. The van der Waals surface area contributed by atoms with E-state index in [-0.39, 0.29) is 0 Å². The molecule has 21 heavy (non-hydrogen) atoms. The van der Waals surface area contributed by atoms with Crippen molar-refractivity contribution in [2.45, 2.75) is 51.6 Å². The van der Waals surface area contributed by atoms with Crippen LogP contribution in [-0.4, -0.2) is 12.1 Å². The zero-order chi connectivity index (χ0) is 14.7. The normalized spacial score (nSPS) is 15.9. The van der Waals surface area contributed by atoms with E-state index in [1.165, 1.54) is 41.5 Å². The molecule has 0 saturated heterocycles. The molecule has 0 aliphatic heterocycles. The van der Waals surface area contributed by atoms with E-state index >= 15 is 0 Å². The molecule has 1 aliphatic rings. The van der Waals surface area contributed by atoms with Crippen LogP contribution < -0.4 is 5.32 Å². The number of hydrogen-bond donors (Lipinski definition) is 1. The molecule has 1 unspecified atom stereocenters. The van der Waals surface area contributed by atoms with Crippen LogP contribution in [0, 0.1) is 6.92 Å². The monoisotopic (exact) mass is 279 g/mol. The largest absolute Gasteiger partial charge is 0.311 e. The van der Waals surface area contributed by atoms with Gasteiger partial charge in [0.2, 0.25) is 0 Å². The molecule has 0 aromatic heterocycles. The molecule has 0 fully saturated rings. The van der Waals surface area contributed by atoms with Crippen LogP contribution in [0.25, 0.3) is 0 Å². The first-order valence-electron chi connectivity index (χ1n) is 8.09. The van der Waals surface area contributed by atoms with E-state index < -0.39 is 0 Å². The molecule has 1 heteroatoms. The van der Waals surface area contributed by atoms with Crippen molar-refractivity contribution >= 4 is 0 Å². The van der Waals surface area contributed by atoms with Gasteiger partial charge in [0, 0.05) is 12.1 Å². The lowest BCUT2D eigenvalue weighted by molar-refractivity contribution is 0.436. The molecule has 2 aromatic carbocycles. The topological polar surface area (TPSA) is 12.0 Å². The lowest BCUT2D eigenvalue weighted by Gasteiger charge is -2.19. The van der Waals surface area contributed by atoms with Crippen molar-refractivity contribution < 1.29 is 0 Å². The molecule has 110 valence electrons. The Morgan fingerprint density at radius 2 is 1.76 bits per heavy atom. The van der Waals surface area contributed by atoms with Gasteiger partial charge < -0.3 is 5.32 Å². The first kappa shape index (κ1) is 14.3. The van der Waals surface area contributed by atoms with E-state index in [1.54, 1.807) is 0 Å². The van der Waals surface area contributed by atoms with Gasteiger partial charge in [-0.3, -0.25) is 0 Å². The summed E-state index contributed by atoms with van der Waals surface area (Å²) >= 11 is 0. The summed E-state index contributed by atoms with van der Waals surface area (Å²) in [5.41, 5.74) is 5.87. The minimum atomic E-state index is 0.574. The maximum Gasteiger partial charge on any atom is 0.0150 e. The van der Waals surface area contributed by atoms with Crippen molar-refractivity contribution in [2.75, 3.05) is 0 Å². The van der Waals surface area contributed by atoms with E-state index in [1.807, 2.05) is 0 Å². The van der Waals surface area contributed by atoms with Crippen LogP contribution in [0.1, 0.15) is 35.6 Å². The third kappa shape index (κ3) is 3.74. The van der Waals surface area contributed by atoms with Gasteiger partial charge in [0.15, 0.2) is 0 Å². The first-order valence-corrected chi connectivity index (χ1v) is 8.09. The minimum absolute atomic E-state index is 0.574. The summed E-state index contributed by atoms with van der Waals surface area (Å²) in [7, 11) is 0. The minimum Gasteiger partial charge on any atom is -0.311 e. The summed E-state index contributed by atoms with van der Waals surface area (Å²) in [4.78, 5) is 0. The summed E-state index contributed by atoms with van der Waals surface area (Å²) in [6, 6.07) is 18.9. The van der Waals surface area contributed by atoms with Gasteiger partial charge in [0.25, 0.3) is 0 Å². The molecular weight excluding hydrogens is 254 g/mol. The van der Waals surface area contributed by atoms with E-state index in [4.69, 9.17) is 0 Å². The number of aryl methyl sites for hydroxylation is 2. The van der Waals surface area contributed by atoms with Crippen molar-refractivity contribution in [3.8, 4) is 0 Å². The maximum absolute atomic E-state index is 3.81. The van der Waals surface area contributed by atoms with E-state index in [9.17, 15) is 0 Å². The Balaban J connectivity index is 1.48. The molecule has 0 amide bonds. The summed E-state index contributed by atoms with van der Waals surface area (Å²) in [6.45, 7) is 4.49. The maximum atomic E-state index is 3.81. The lowest BCUT2D eigenvalue weighted by atomic mass is 10.0. The molecule has 3 rings (SSSR count). The van der Waals surface area contributed by atoms with Crippen LogP contribution in [0.15, 0.2) is 48.5 Å². The molecule has 0 saturated carbocycles. The van der Waals surface area contributed by atoms with Gasteiger partial charge in [-0.1, -0.05) is 54.1 Å². The van der Waals surface area contributed by atoms with Gasteiger partial charge in [-0.2, -0.15) is 0 Å². The number of benzene rings is 2. The van der Waals surface area contributed by atoms with E-state index in [0.717, 1.165) is 6.42 Å². The number of hydrogen-bond acceptors (Lipinski definition) is 1. The van der Waals surface area contributed by atoms with Crippen LogP contribution in [0.2, 0.25) is 0 Å². The zero-order valence-corrected chi connectivity index (χ0v) is 13.1. The van der Waals surface area contributed by atoms with Crippen molar-refractivity contribution in [3.63, 3.8) is 0 Å². The zero-order valence-electron chi connectivity index (χ0n) is 13.1. The second-order valence-electron chi connectivity index (χ2n) is 6.47. The second kappa shape index (κ2) is 6.44. The molecule has 2 aromatic rings. The van der Waals surface area contributed by atoms with Crippen molar-refractivity contribution in [1.29, 1.82) is 0 Å². The van der Waals surface area contributed by atoms with E-state index in [0.29, 0.717) is 12.1 Å². The Kier molecular flexibility index (Phi) is 4.40. The van der Waals surface area contributed by atoms with E-state index in [2.05, 4.69) is 67.7 Å². The highest BCUT2D eigenvalue weighted by Gasteiger charge is 2.21. The fourth-order valence-electron chi connectivity index (χ4n) is 3.41. The molecule has 1 aliphatic carbocycles.